The highest BCUT2D eigenvalue weighted by atomic mass is 35.5. The van der Waals surface area contributed by atoms with Crippen molar-refractivity contribution in [2.24, 2.45) is 0 Å². The first kappa shape index (κ1) is 26.4. The van der Waals surface area contributed by atoms with E-state index in [-0.39, 0.29) is 38.9 Å². The molecular weight excluding hydrogens is 703 g/mol. The molecule has 0 unspecified atom stereocenters. The first-order chi connectivity index (χ1) is 26.6. The Bertz CT molecular complexity index is 2740. The first-order valence-electron chi connectivity index (χ1n) is 18.0. The highest BCUT2D eigenvalue weighted by Crippen LogP contribution is 2.34. The molecule has 0 aliphatic rings. The van der Waals surface area contributed by atoms with E-state index >= 15 is 0 Å². The molecule has 0 saturated heterocycles. The molecule has 4 heterocycles. The fourth-order valence-electron chi connectivity index (χ4n) is 4.23. The molecule has 250 valence electrons. The largest absolute Gasteiger partial charge is 0.390 e. The number of nitrogens with zero attached hydrogens (tertiary/aromatic N) is 4. The molecule has 0 spiro atoms. The van der Waals surface area contributed by atoms with Gasteiger partial charge in [-0.15, -0.1) is 0 Å². The zero-order valence-corrected chi connectivity index (χ0v) is 29.1. The molecule has 0 fully saturated rings. The monoisotopic (exact) mass is 740 g/mol. The minimum Gasteiger partial charge on any atom is -0.390 e. The van der Waals surface area contributed by atoms with E-state index in [2.05, 4.69) is 19.9 Å². The van der Waals surface area contributed by atoms with Crippen LogP contribution < -0.4 is 0 Å². The number of pyridine rings is 4. The van der Waals surface area contributed by atoms with Crippen molar-refractivity contribution in [3.63, 3.8) is 0 Å². The molecular formula is C36H30Cl2N4O5S2. The number of rotatable bonds is 7. The third-order valence-corrected chi connectivity index (χ3v) is 8.94. The second-order valence-electron chi connectivity index (χ2n) is 10.4. The lowest BCUT2D eigenvalue weighted by Gasteiger charge is -2.10. The molecule has 0 radical (unpaired) electrons. The average molecular weight is 742 g/mol. The number of halogens is 2. The summed E-state index contributed by atoms with van der Waals surface area (Å²) in [6.07, 6.45) is 7.48. The van der Waals surface area contributed by atoms with Gasteiger partial charge in [-0.05, 0) is 78.6 Å². The summed E-state index contributed by atoms with van der Waals surface area (Å²) in [5.41, 5.74) is 3.25. The van der Waals surface area contributed by atoms with Crippen LogP contribution in [0.5, 0.6) is 0 Å². The van der Waals surface area contributed by atoms with Crippen LogP contribution in [0.2, 0.25) is 10.0 Å². The highest BCUT2D eigenvalue weighted by molar-refractivity contribution is 7.91. The van der Waals surface area contributed by atoms with E-state index in [0.29, 0.717) is 28.2 Å². The smallest absolute Gasteiger partial charge is 0.175 e. The van der Waals surface area contributed by atoms with Gasteiger partial charge in [0.25, 0.3) is 0 Å². The van der Waals surface area contributed by atoms with Crippen LogP contribution in [0.15, 0.2) is 119 Å². The van der Waals surface area contributed by atoms with Gasteiger partial charge in [-0.1, -0.05) is 47.4 Å². The molecule has 9 nitrogen and oxygen atoms in total. The lowest BCUT2D eigenvalue weighted by molar-refractivity contribution is 0.277. The van der Waals surface area contributed by atoms with Crippen molar-refractivity contribution in [3.8, 4) is 44.8 Å². The highest BCUT2D eigenvalue weighted by Gasteiger charge is 2.14. The molecule has 13 heteroatoms. The summed E-state index contributed by atoms with van der Waals surface area (Å²) in [4.78, 5) is 15.5. The van der Waals surface area contributed by atoms with E-state index in [1.165, 1.54) is 30.7 Å². The number of aromatic nitrogens is 4. The second kappa shape index (κ2) is 14.9. The van der Waals surface area contributed by atoms with Crippen molar-refractivity contribution in [2.75, 3.05) is 12.5 Å². The number of aliphatic hydroxyl groups excluding tert-OH is 1. The van der Waals surface area contributed by atoms with Gasteiger partial charge in [0, 0.05) is 65.2 Å². The lowest BCUT2D eigenvalue weighted by Crippen LogP contribution is -1.97. The number of hydrogen-bond donors (Lipinski definition) is 1. The Morgan fingerprint density at radius 1 is 0.612 bits per heavy atom. The van der Waals surface area contributed by atoms with Crippen LogP contribution in [-0.2, 0) is 26.3 Å². The van der Waals surface area contributed by atoms with Crippen molar-refractivity contribution in [2.45, 2.75) is 23.3 Å². The van der Waals surface area contributed by atoms with Crippen LogP contribution in [0.1, 0.15) is 22.4 Å². The molecule has 0 aliphatic heterocycles. The number of benzene rings is 2. The van der Waals surface area contributed by atoms with Gasteiger partial charge in [0.2, 0.25) is 0 Å². The Kier molecular flexibility index (Phi) is 8.03. The van der Waals surface area contributed by atoms with Gasteiger partial charge in [-0.25, -0.2) is 16.8 Å². The molecule has 0 saturated carbocycles. The fraction of sp³-hybridized carbons (Fsp3) is 0.111. The minimum atomic E-state index is -3.98. The third kappa shape index (κ3) is 8.94. The maximum Gasteiger partial charge on any atom is 0.175 e. The van der Waals surface area contributed by atoms with Crippen LogP contribution in [0.25, 0.3) is 44.8 Å². The van der Waals surface area contributed by atoms with Crippen LogP contribution in [0.4, 0.5) is 0 Å². The third-order valence-electron chi connectivity index (χ3n) is 6.64. The van der Waals surface area contributed by atoms with Crippen molar-refractivity contribution in [3.05, 3.63) is 131 Å². The molecule has 6 aromatic rings. The van der Waals surface area contributed by atoms with Crippen LogP contribution in [0, 0.1) is 6.92 Å². The molecule has 2 aromatic carbocycles. The SMILES string of the molecule is [2H]c1c([2H])c(S(C)(=O)=O)c([2H])c([2H])c1-c1cc(Cl)cnc1-c1ccc(C)nc1.[2H]c1c([2H])c(S(C)(=O)=O)c([2H])c([2H])c1-c1cc(Cl)cnc1-c1ccc(CO)nc1. The summed E-state index contributed by atoms with van der Waals surface area (Å²) in [5.74, 6) is 0. The van der Waals surface area contributed by atoms with Gasteiger partial charge in [-0.2, -0.15) is 0 Å². The molecule has 0 aliphatic carbocycles. The predicted molar refractivity (Wildman–Crippen MR) is 193 cm³/mol. The van der Waals surface area contributed by atoms with Gasteiger partial charge in [-0.3, -0.25) is 19.9 Å². The Morgan fingerprint density at radius 2 is 1.04 bits per heavy atom. The van der Waals surface area contributed by atoms with Gasteiger partial charge >= 0.3 is 0 Å². The summed E-state index contributed by atoms with van der Waals surface area (Å²) in [7, 11) is -7.93. The predicted octanol–water partition coefficient (Wildman–Crippen LogP) is 7.54. The second-order valence-corrected chi connectivity index (χ2v) is 15.2. The maximum absolute atomic E-state index is 12.0. The molecule has 49 heavy (non-hydrogen) atoms. The van der Waals surface area contributed by atoms with Crippen LogP contribution in [0.3, 0.4) is 0 Å². The number of hydrogen-bond acceptors (Lipinski definition) is 9. The molecule has 1 N–H and O–H groups in total. The Hall–Kier alpha value is -4.52. The van der Waals surface area contributed by atoms with Gasteiger partial charge in [0.15, 0.2) is 19.7 Å². The molecule has 0 bridgehead atoms. The molecule has 4 aromatic heterocycles. The van der Waals surface area contributed by atoms with E-state index in [4.69, 9.17) is 39.3 Å². The van der Waals surface area contributed by atoms with Crippen molar-refractivity contribution in [1.82, 2.24) is 19.9 Å². The van der Waals surface area contributed by atoms with E-state index in [0.717, 1.165) is 18.2 Å². The number of aryl methyl sites for hydroxylation is 1. The van der Waals surface area contributed by atoms with Gasteiger partial charge in [0.1, 0.15) is 0 Å². The summed E-state index contributed by atoms with van der Waals surface area (Å²) < 4.78 is 113. The van der Waals surface area contributed by atoms with Gasteiger partial charge in [0.05, 0.1) is 54.5 Å². The topological polar surface area (TPSA) is 140 Å². The normalized spacial score (nSPS) is 13.8. The van der Waals surface area contributed by atoms with Crippen LogP contribution >= 0.6 is 23.2 Å². The Labute approximate surface area is 306 Å². The molecule has 0 amide bonds. The molecule has 0 atom stereocenters. The van der Waals surface area contributed by atoms with Crippen molar-refractivity contribution in [1.29, 1.82) is 0 Å². The summed E-state index contributed by atoms with van der Waals surface area (Å²) in [6, 6.07) is 5.09. The summed E-state index contributed by atoms with van der Waals surface area (Å²) >= 11 is 12.1. The molecule has 6 rings (SSSR count). The average Bonchev–Trinajstić information content (AvgIpc) is 3.13. The van der Waals surface area contributed by atoms with E-state index in [1.807, 2.05) is 6.92 Å². The van der Waals surface area contributed by atoms with Crippen molar-refractivity contribution < 1.29 is 32.9 Å². The summed E-state index contributed by atoms with van der Waals surface area (Å²) in [5, 5.41) is 9.60. The van der Waals surface area contributed by atoms with E-state index in [1.54, 1.807) is 30.5 Å². The minimum absolute atomic E-state index is 0.0759. The number of aliphatic hydroxyl groups is 1. The first-order valence-corrected chi connectivity index (χ1v) is 18.5. The zero-order chi connectivity index (χ0) is 42.3. The van der Waals surface area contributed by atoms with E-state index in [9.17, 15) is 16.8 Å². The fourth-order valence-corrected chi connectivity index (χ4v) is 5.49. The quantitative estimate of drug-likeness (QED) is 0.176. The standard InChI is InChI=1S/C18H15ClN2O3S.C18H15ClN2O2S/c1-25(23,24)16-6-3-12(4-7-16)17-8-14(19)10-21-18(17)13-2-5-15(11-22)20-9-13;1-12-3-4-14(10-20-12)18-17(9-15(19)11-21-18)13-5-7-16(8-6-13)24(2,22)23/h2-10,22H,11H2,1H3;3-11H,1-2H3/i3D,4D,6D,7D;5D,6D,7D,8D. The Morgan fingerprint density at radius 3 is 1.39 bits per heavy atom. The zero-order valence-electron chi connectivity index (χ0n) is 33.9. The Balaban J connectivity index is 0.000000218. The number of sulfone groups is 2. The van der Waals surface area contributed by atoms with Crippen molar-refractivity contribution >= 4 is 42.9 Å². The van der Waals surface area contributed by atoms with Crippen LogP contribution in [-0.4, -0.2) is 54.4 Å². The lowest BCUT2D eigenvalue weighted by atomic mass is 10.0. The summed E-state index contributed by atoms with van der Waals surface area (Å²) in [6.45, 7) is 1.58. The van der Waals surface area contributed by atoms with Gasteiger partial charge < -0.3 is 5.11 Å². The van der Waals surface area contributed by atoms with E-state index < -0.39 is 77.8 Å². The maximum atomic E-state index is 12.0.